The molecule has 5 heteroatoms. The van der Waals surface area contributed by atoms with E-state index in [4.69, 9.17) is 5.11 Å². The van der Waals surface area contributed by atoms with Gasteiger partial charge in [-0.2, -0.15) is 0 Å². The number of amides is 1. The first-order valence-corrected chi connectivity index (χ1v) is 7.02. The molecule has 1 heterocycles. The van der Waals surface area contributed by atoms with Crippen molar-refractivity contribution in [3.63, 3.8) is 0 Å². The lowest BCUT2D eigenvalue weighted by Gasteiger charge is -2.32. The second-order valence-corrected chi connectivity index (χ2v) is 5.00. The van der Waals surface area contributed by atoms with E-state index in [1.54, 1.807) is 0 Å². The van der Waals surface area contributed by atoms with Crippen LogP contribution in [0, 0.1) is 0 Å². The fourth-order valence-electron chi connectivity index (χ4n) is 2.08. The summed E-state index contributed by atoms with van der Waals surface area (Å²) in [5.74, 6) is 0.221. The number of unbranched alkanes of at least 4 members (excludes halogenated alkanes) is 3. The van der Waals surface area contributed by atoms with Gasteiger partial charge in [-0.3, -0.25) is 4.79 Å². The quantitative estimate of drug-likeness (QED) is 0.596. The highest BCUT2D eigenvalue weighted by Crippen LogP contribution is 2.00. The molecule has 0 aromatic carbocycles. The van der Waals surface area contributed by atoms with Gasteiger partial charge in [0.2, 0.25) is 5.91 Å². The molecule has 2 N–H and O–H groups in total. The summed E-state index contributed by atoms with van der Waals surface area (Å²) in [6.07, 6.45) is 4.16. The van der Waals surface area contributed by atoms with Crippen molar-refractivity contribution in [1.82, 2.24) is 15.1 Å². The van der Waals surface area contributed by atoms with Crippen molar-refractivity contribution in [2.24, 2.45) is 0 Å². The smallest absolute Gasteiger partial charge is 0.236 e. The number of piperazine rings is 1. The summed E-state index contributed by atoms with van der Waals surface area (Å²) in [6, 6.07) is 0. The average molecular weight is 257 g/mol. The Morgan fingerprint density at radius 2 is 1.78 bits per heavy atom. The molecule has 0 spiro atoms. The third kappa shape index (κ3) is 6.33. The second kappa shape index (κ2) is 9.30. The standard InChI is InChI=1S/C13H27N3O2/c1-15-7-9-16(10-8-15)13(18)12-14-6-4-2-3-5-11-17/h14,17H,2-12H2,1H3. The average Bonchev–Trinajstić information content (AvgIpc) is 2.38. The molecule has 0 unspecified atom stereocenters. The molecule has 1 aliphatic rings. The van der Waals surface area contributed by atoms with Crippen molar-refractivity contribution < 1.29 is 9.90 Å². The monoisotopic (exact) mass is 257 g/mol. The van der Waals surface area contributed by atoms with Gasteiger partial charge in [0, 0.05) is 32.8 Å². The third-order valence-corrected chi connectivity index (χ3v) is 3.39. The van der Waals surface area contributed by atoms with Crippen LogP contribution in [0.25, 0.3) is 0 Å². The number of nitrogens with one attached hydrogen (secondary N) is 1. The molecule has 1 aliphatic heterocycles. The van der Waals surface area contributed by atoms with Crippen LogP contribution in [-0.2, 0) is 4.79 Å². The van der Waals surface area contributed by atoms with Gasteiger partial charge in [0.05, 0.1) is 6.54 Å². The Morgan fingerprint density at radius 1 is 1.11 bits per heavy atom. The highest BCUT2D eigenvalue weighted by atomic mass is 16.2. The zero-order valence-corrected chi connectivity index (χ0v) is 11.5. The molecule has 5 nitrogen and oxygen atoms in total. The molecule has 1 rings (SSSR count). The minimum absolute atomic E-state index is 0.221. The molecule has 1 saturated heterocycles. The lowest BCUT2D eigenvalue weighted by Crippen LogP contribution is -2.49. The highest BCUT2D eigenvalue weighted by molar-refractivity contribution is 5.78. The maximum atomic E-state index is 11.9. The van der Waals surface area contributed by atoms with Crippen LogP contribution in [0.4, 0.5) is 0 Å². The van der Waals surface area contributed by atoms with Gasteiger partial charge in [-0.1, -0.05) is 12.8 Å². The van der Waals surface area contributed by atoms with Crippen molar-refractivity contribution in [3.05, 3.63) is 0 Å². The van der Waals surface area contributed by atoms with Gasteiger partial charge in [0.25, 0.3) is 0 Å². The Kier molecular flexibility index (Phi) is 7.96. The number of carbonyl (C=O) groups excluding carboxylic acids is 1. The molecule has 0 aliphatic carbocycles. The number of aliphatic hydroxyl groups is 1. The lowest BCUT2D eigenvalue weighted by molar-refractivity contribution is -0.131. The molecule has 0 aromatic rings. The van der Waals surface area contributed by atoms with E-state index in [0.29, 0.717) is 6.54 Å². The van der Waals surface area contributed by atoms with Crippen LogP contribution in [0.5, 0.6) is 0 Å². The molecular weight excluding hydrogens is 230 g/mol. The minimum Gasteiger partial charge on any atom is -0.396 e. The molecule has 0 atom stereocenters. The summed E-state index contributed by atoms with van der Waals surface area (Å²) in [5.41, 5.74) is 0. The Labute approximate surface area is 110 Å². The normalized spacial score (nSPS) is 17.1. The molecular formula is C13H27N3O2. The summed E-state index contributed by atoms with van der Waals surface area (Å²) in [6.45, 7) is 5.31. The summed E-state index contributed by atoms with van der Waals surface area (Å²) in [4.78, 5) is 16.0. The molecule has 0 radical (unpaired) electrons. The van der Waals surface area contributed by atoms with E-state index in [1.807, 2.05) is 4.90 Å². The van der Waals surface area contributed by atoms with Gasteiger partial charge < -0.3 is 20.2 Å². The van der Waals surface area contributed by atoms with Gasteiger partial charge in [0.1, 0.15) is 0 Å². The molecule has 1 fully saturated rings. The zero-order valence-electron chi connectivity index (χ0n) is 11.5. The summed E-state index contributed by atoms with van der Waals surface area (Å²) < 4.78 is 0. The Morgan fingerprint density at radius 3 is 2.44 bits per heavy atom. The van der Waals surface area contributed by atoms with Crippen LogP contribution < -0.4 is 5.32 Å². The fraction of sp³-hybridized carbons (Fsp3) is 0.923. The van der Waals surface area contributed by atoms with E-state index < -0.39 is 0 Å². The summed E-state index contributed by atoms with van der Waals surface area (Å²) in [5, 5.41) is 11.8. The largest absolute Gasteiger partial charge is 0.396 e. The first kappa shape index (κ1) is 15.4. The number of aliphatic hydroxyl groups excluding tert-OH is 1. The van der Waals surface area contributed by atoms with Gasteiger partial charge >= 0.3 is 0 Å². The van der Waals surface area contributed by atoms with Crippen LogP contribution in [0.2, 0.25) is 0 Å². The van der Waals surface area contributed by atoms with Gasteiger partial charge in [0.15, 0.2) is 0 Å². The first-order chi connectivity index (χ1) is 8.74. The number of rotatable bonds is 8. The molecule has 0 bridgehead atoms. The summed E-state index contributed by atoms with van der Waals surface area (Å²) in [7, 11) is 2.09. The van der Waals surface area contributed by atoms with E-state index in [0.717, 1.165) is 58.4 Å². The van der Waals surface area contributed by atoms with Crippen LogP contribution >= 0.6 is 0 Å². The van der Waals surface area contributed by atoms with E-state index in [2.05, 4.69) is 17.3 Å². The minimum atomic E-state index is 0.221. The van der Waals surface area contributed by atoms with Crippen LogP contribution in [-0.4, -0.2) is 73.7 Å². The molecule has 0 saturated carbocycles. The van der Waals surface area contributed by atoms with Gasteiger partial charge in [-0.25, -0.2) is 0 Å². The number of hydrogen-bond donors (Lipinski definition) is 2. The van der Waals surface area contributed by atoms with Crippen molar-refractivity contribution in [1.29, 1.82) is 0 Å². The maximum Gasteiger partial charge on any atom is 0.236 e. The second-order valence-electron chi connectivity index (χ2n) is 5.00. The molecule has 18 heavy (non-hydrogen) atoms. The fourth-order valence-corrected chi connectivity index (χ4v) is 2.08. The molecule has 0 aromatic heterocycles. The van der Waals surface area contributed by atoms with E-state index in [-0.39, 0.29) is 12.5 Å². The van der Waals surface area contributed by atoms with Crippen molar-refractivity contribution >= 4 is 5.91 Å². The highest BCUT2D eigenvalue weighted by Gasteiger charge is 2.17. The molecule has 1 amide bonds. The SMILES string of the molecule is CN1CCN(C(=O)CNCCCCCCO)CC1. The van der Waals surface area contributed by atoms with Crippen molar-refractivity contribution in [2.45, 2.75) is 25.7 Å². The van der Waals surface area contributed by atoms with Crippen molar-refractivity contribution in [2.75, 3.05) is 52.9 Å². The molecule has 106 valence electrons. The number of hydrogen-bond acceptors (Lipinski definition) is 4. The lowest BCUT2D eigenvalue weighted by atomic mass is 10.2. The topological polar surface area (TPSA) is 55.8 Å². The van der Waals surface area contributed by atoms with Gasteiger partial charge in [-0.05, 0) is 26.4 Å². The number of nitrogens with zero attached hydrogens (tertiary/aromatic N) is 2. The Balaban J connectivity index is 1.96. The predicted octanol–water partition coefficient (Wildman–Crippen LogP) is -0.0973. The van der Waals surface area contributed by atoms with Gasteiger partial charge in [-0.15, -0.1) is 0 Å². The van der Waals surface area contributed by atoms with Crippen molar-refractivity contribution in [3.8, 4) is 0 Å². The van der Waals surface area contributed by atoms with E-state index in [9.17, 15) is 4.79 Å². The summed E-state index contributed by atoms with van der Waals surface area (Å²) >= 11 is 0. The Hall–Kier alpha value is -0.650. The van der Waals surface area contributed by atoms with Crippen LogP contribution in [0.1, 0.15) is 25.7 Å². The maximum absolute atomic E-state index is 11.9. The number of likely N-dealkylation sites (N-methyl/N-ethyl adjacent to an activating group) is 1. The first-order valence-electron chi connectivity index (χ1n) is 7.02. The van der Waals surface area contributed by atoms with Crippen LogP contribution in [0.3, 0.4) is 0 Å². The Bertz CT molecular complexity index is 228. The van der Waals surface area contributed by atoms with E-state index >= 15 is 0 Å². The predicted molar refractivity (Wildman–Crippen MR) is 72.5 cm³/mol. The van der Waals surface area contributed by atoms with E-state index in [1.165, 1.54) is 0 Å². The van der Waals surface area contributed by atoms with Crippen LogP contribution in [0.15, 0.2) is 0 Å². The third-order valence-electron chi connectivity index (χ3n) is 3.39. The number of carbonyl (C=O) groups is 1. The zero-order chi connectivity index (χ0) is 13.2.